The lowest BCUT2D eigenvalue weighted by atomic mass is 10.2. The summed E-state index contributed by atoms with van der Waals surface area (Å²) in [4.78, 5) is 8.37. The van der Waals surface area contributed by atoms with Gasteiger partial charge in [0.1, 0.15) is 5.15 Å². The van der Waals surface area contributed by atoms with Crippen molar-refractivity contribution in [2.75, 3.05) is 7.11 Å². The molecule has 0 aliphatic heterocycles. The zero-order valence-corrected chi connectivity index (χ0v) is 8.67. The fourth-order valence-electron chi connectivity index (χ4n) is 1.36. The van der Waals surface area contributed by atoms with Crippen LogP contribution in [-0.4, -0.2) is 17.1 Å². The Morgan fingerprint density at radius 3 is 2.93 bits per heavy atom. The van der Waals surface area contributed by atoms with E-state index in [4.69, 9.17) is 16.3 Å². The molecule has 0 aliphatic rings. The van der Waals surface area contributed by atoms with Gasteiger partial charge >= 0.3 is 0 Å². The molecule has 0 spiro atoms. The van der Waals surface area contributed by atoms with Gasteiger partial charge in [0.25, 0.3) is 0 Å². The van der Waals surface area contributed by atoms with Gasteiger partial charge in [0, 0.05) is 11.8 Å². The van der Waals surface area contributed by atoms with Crippen LogP contribution in [-0.2, 0) is 0 Å². The second-order valence-corrected chi connectivity index (χ2v) is 3.29. The predicted molar refractivity (Wildman–Crippen MR) is 55.8 cm³/mol. The Labute approximate surface area is 86.7 Å². The van der Waals surface area contributed by atoms with Crippen LogP contribution >= 0.6 is 11.6 Å². The molecule has 0 aliphatic carbocycles. The molecule has 3 nitrogen and oxygen atoms in total. The summed E-state index contributed by atoms with van der Waals surface area (Å²) in [5, 5.41) is 1.32. The van der Waals surface area contributed by atoms with Crippen LogP contribution in [0.4, 0.5) is 0 Å². The zero-order valence-electron chi connectivity index (χ0n) is 7.91. The molecule has 0 amide bonds. The summed E-state index contributed by atoms with van der Waals surface area (Å²) in [6.07, 6.45) is 1.73. The fraction of sp³-hybridized carbons (Fsp3) is 0.200. The number of hydrogen-bond acceptors (Lipinski definition) is 3. The summed E-state index contributed by atoms with van der Waals surface area (Å²) >= 11 is 5.94. The first kappa shape index (κ1) is 9.21. The van der Waals surface area contributed by atoms with Crippen molar-refractivity contribution in [3.05, 3.63) is 29.0 Å². The van der Waals surface area contributed by atoms with E-state index in [-0.39, 0.29) is 0 Å². The maximum atomic E-state index is 5.94. The van der Waals surface area contributed by atoms with Gasteiger partial charge in [-0.25, -0.2) is 4.98 Å². The molecule has 0 saturated carbocycles. The zero-order chi connectivity index (χ0) is 10.1. The molecule has 0 saturated heterocycles. The van der Waals surface area contributed by atoms with Crippen molar-refractivity contribution in [3.8, 4) is 5.88 Å². The van der Waals surface area contributed by atoms with Gasteiger partial charge in [-0.15, -0.1) is 0 Å². The van der Waals surface area contributed by atoms with Crippen LogP contribution in [0.1, 0.15) is 5.56 Å². The van der Waals surface area contributed by atoms with Crippen molar-refractivity contribution in [1.82, 2.24) is 9.97 Å². The van der Waals surface area contributed by atoms with Crippen molar-refractivity contribution < 1.29 is 4.74 Å². The molecule has 2 heterocycles. The molecular weight excluding hydrogens is 200 g/mol. The third-order valence-electron chi connectivity index (χ3n) is 2.10. The van der Waals surface area contributed by atoms with Crippen molar-refractivity contribution >= 4 is 22.5 Å². The molecule has 0 fully saturated rings. The third-order valence-corrected chi connectivity index (χ3v) is 2.46. The third kappa shape index (κ3) is 1.30. The maximum Gasteiger partial charge on any atom is 0.224 e. The monoisotopic (exact) mass is 208 g/mol. The number of methoxy groups -OCH3 is 1. The van der Waals surface area contributed by atoms with Gasteiger partial charge in [0.2, 0.25) is 5.88 Å². The topological polar surface area (TPSA) is 35.0 Å². The van der Waals surface area contributed by atoms with Crippen LogP contribution in [0.5, 0.6) is 5.88 Å². The predicted octanol–water partition coefficient (Wildman–Crippen LogP) is 2.60. The molecular formula is C10H9ClN2O. The number of fused-ring (bicyclic) bond motifs is 1. The summed E-state index contributed by atoms with van der Waals surface area (Å²) in [5.74, 6) is 0.517. The minimum Gasteiger partial charge on any atom is -0.480 e. The number of pyridine rings is 2. The van der Waals surface area contributed by atoms with Crippen LogP contribution < -0.4 is 4.74 Å². The molecule has 0 bridgehead atoms. The SMILES string of the molecule is COc1nc(Cl)c(C)c2ncccc12. The van der Waals surface area contributed by atoms with E-state index in [2.05, 4.69) is 9.97 Å². The number of nitrogens with zero attached hydrogens (tertiary/aromatic N) is 2. The Morgan fingerprint density at radius 2 is 2.21 bits per heavy atom. The minimum absolute atomic E-state index is 0.438. The van der Waals surface area contributed by atoms with Gasteiger partial charge in [-0.05, 0) is 19.1 Å². The first-order valence-corrected chi connectivity index (χ1v) is 4.56. The number of ether oxygens (including phenoxy) is 1. The minimum atomic E-state index is 0.438. The van der Waals surface area contributed by atoms with Crippen LogP contribution in [0.3, 0.4) is 0 Å². The summed E-state index contributed by atoms with van der Waals surface area (Å²) in [7, 11) is 1.57. The molecule has 2 rings (SSSR count). The quantitative estimate of drug-likeness (QED) is 0.676. The second kappa shape index (κ2) is 3.42. The van der Waals surface area contributed by atoms with Gasteiger partial charge < -0.3 is 4.74 Å². The van der Waals surface area contributed by atoms with Crippen LogP contribution in [0.15, 0.2) is 18.3 Å². The van der Waals surface area contributed by atoms with E-state index < -0.39 is 0 Å². The average molecular weight is 209 g/mol. The molecule has 0 atom stereocenters. The Morgan fingerprint density at radius 1 is 1.43 bits per heavy atom. The summed E-state index contributed by atoms with van der Waals surface area (Å²) < 4.78 is 5.13. The normalized spacial score (nSPS) is 10.5. The average Bonchev–Trinajstić information content (AvgIpc) is 2.23. The molecule has 72 valence electrons. The van der Waals surface area contributed by atoms with Crippen LogP contribution in [0.25, 0.3) is 10.9 Å². The number of aromatic nitrogens is 2. The van der Waals surface area contributed by atoms with Crippen molar-refractivity contribution in [3.63, 3.8) is 0 Å². The van der Waals surface area contributed by atoms with Crippen LogP contribution in [0.2, 0.25) is 5.15 Å². The Balaban J connectivity index is 2.89. The van der Waals surface area contributed by atoms with Crippen LogP contribution in [0, 0.1) is 6.92 Å². The van der Waals surface area contributed by atoms with E-state index in [1.807, 2.05) is 19.1 Å². The van der Waals surface area contributed by atoms with Crippen molar-refractivity contribution in [2.45, 2.75) is 6.92 Å². The lowest BCUT2D eigenvalue weighted by Crippen LogP contribution is -1.94. The molecule has 0 unspecified atom stereocenters. The molecule has 0 aromatic carbocycles. The molecule has 0 N–H and O–H groups in total. The highest BCUT2D eigenvalue weighted by Gasteiger charge is 2.09. The number of aryl methyl sites for hydroxylation is 1. The number of hydrogen-bond donors (Lipinski definition) is 0. The van der Waals surface area contributed by atoms with E-state index in [1.54, 1.807) is 13.3 Å². The standard InChI is InChI=1S/C10H9ClN2O/c1-6-8-7(4-3-5-12-8)10(14-2)13-9(6)11/h3-5H,1-2H3. The highest BCUT2D eigenvalue weighted by Crippen LogP contribution is 2.28. The summed E-state index contributed by atoms with van der Waals surface area (Å²) in [6.45, 7) is 1.89. The highest BCUT2D eigenvalue weighted by molar-refractivity contribution is 6.31. The molecule has 2 aromatic rings. The molecule has 2 aromatic heterocycles. The van der Waals surface area contributed by atoms with Gasteiger partial charge in [-0.1, -0.05) is 11.6 Å². The van der Waals surface area contributed by atoms with E-state index in [0.717, 1.165) is 16.5 Å². The largest absolute Gasteiger partial charge is 0.480 e. The van der Waals surface area contributed by atoms with Gasteiger partial charge in [0.15, 0.2) is 0 Å². The van der Waals surface area contributed by atoms with Crippen molar-refractivity contribution in [1.29, 1.82) is 0 Å². The van der Waals surface area contributed by atoms with E-state index >= 15 is 0 Å². The van der Waals surface area contributed by atoms with Gasteiger partial charge in [-0.2, -0.15) is 0 Å². The van der Waals surface area contributed by atoms with Gasteiger partial charge in [0.05, 0.1) is 18.0 Å². The Kier molecular flexibility index (Phi) is 2.25. The summed E-state index contributed by atoms with van der Waals surface area (Å²) in [6, 6.07) is 3.76. The summed E-state index contributed by atoms with van der Waals surface area (Å²) in [5.41, 5.74) is 1.72. The lowest BCUT2D eigenvalue weighted by molar-refractivity contribution is 0.403. The molecule has 4 heteroatoms. The number of rotatable bonds is 1. The second-order valence-electron chi connectivity index (χ2n) is 2.94. The Bertz CT molecular complexity index is 485. The Hall–Kier alpha value is -1.35. The maximum absolute atomic E-state index is 5.94. The van der Waals surface area contributed by atoms with Gasteiger partial charge in [-0.3, -0.25) is 4.98 Å². The van der Waals surface area contributed by atoms with Crippen molar-refractivity contribution in [2.24, 2.45) is 0 Å². The van der Waals surface area contributed by atoms with E-state index in [9.17, 15) is 0 Å². The highest BCUT2D eigenvalue weighted by atomic mass is 35.5. The smallest absolute Gasteiger partial charge is 0.224 e. The first-order chi connectivity index (χ1) is 6.74. The molecule has 0 radical (unpaired) electrons. The van der Waals surface area contributed by atoms with E-state index in [1.165, 1.54) is 0 Å². The fourth-order valence-corrected chi connectivity index (χ4v) is 1.53. The van der Waals surface area contributed by atoms with E-state index in [0.29, 0.717) is 11.0 Å². The number of halogens is 1. The lowest BCUT2D eigenvalue weighted by Gasteiger charge is -2.06. The molecule has 14 heavy (non-hydrogen) atoms. The first-order valence-electron chi connectivity index (χ1n) is 4.19.